The van der Waals surface area contributed by atoms with Crippen LogP contribution in [0.2, 0.25) is 0 Å². The Morgan fingerprint density at radius 3 is 2.50 bits per heavy atom. The summed E-state index contributed by atoms with van der Waals surface area (Å²) in [4.78, 5) is 0. The first-order valence-electron chi connectivity index (χ1n) is 4.88. The van der Waals surface area contributed by atoms with Gasteiger partial charge in [-0.3, -0.25) is 0 Å². The van der Waals surface area contributed by atoms with E-state index in [-0.39, 0.29) is 30.4 Å². The van der Waals surface area contributed by atoms with Crippen molar-refractivity contribution in [2.45, 2.75) is 12.8 Å². The molecule has 0 aliphatic rings. The summed E-state index contributed by atoms with van der Waals surface area (Å²) in [5.74, 6) is -2.09. The lowest BCUT2D eigenvalue weighted by molar-refractivity contribution is -0.275. The third-order valence-corrected chi connectivity index (χ3v) is 2.07. The van der Waals surface area contributed by atoms with Crippen molar-refractivity contribution in [3.63, 3.8) is 0 Å². The summed E-state index contributed by atoms with van der Waals surface area (Å²) in [6, 6.07) is 2.92. The van der Waals surface area contributed by atoms with E-state index in [1.54, 1.807) is 0 Å². The van der Waals surface area contributed by atoms with E-state index in [2.05, 4.69) is 4.74 Å². The SMILES string of the molecule is NCC(=CF)Cc1ccc(F)c(OC(F)(F)F)c1. The topological polar surface area (TPSA) is 35.2 Å². The maximum atomic E-state index is 13.1. The average molecular weight is 267 g/mol. The van der Waals surface area contributed by atoms with Gasteiger partial charge in [-0.1, -0.05) is 6.07 Å². The molecule has 7 heteroatoms. The molecule has 0 atom stereocenters. The fourth-order valence-electron chi connectivity index (χ4n) is 1.28. The summed E-state index contributed by atoms with van der Waals surface area (Å²) in [6.45, 7) is -0.0800. The standard InChI is InChI=1S/C11H10F5NO/c12-5-8(6-17)3-7-1-2-9(13)10(4-7)18-11(14,15)16/h1-2,4-5H,3,6,17H2. The van der Waals surface area contributed by atoms with Gasteiger partial charge < -0.3 is 10.5 Å². The van der Waals surface area contributed by atoms with Crippen LogP contribution >= 0.6 is 0 Å². The van der Waals surface area contributed by atoms with E-state index in [0.29, 0.717) is 0 Å². The number of halogens is 5. The molecule has 0 aromatic heterocycles. The van der Waals surface area contributed by atoms with Crippen molar-refractivity contribution >= 4 is 0 Å². The van der Waals surface area contributed by atoms with Crippen LogP contribution < -0.4 is 10.5 Å². The van der Waals surface area contributed by atoms with Crippen molar-refractivity contribution in [2.24, 2.45) is 5.73 Å². The smallest absolute Gasteiger partial charge is 0.403 e. The summed E-state index contributed by atoms with van der Waals surface area (Å²) in [5, 5.41) is 0. The number of hydrogen-bond donors (Lipinski definition) is 1. The number of benzene rings is 1. The van der Waals surface area contributed by atoms with Gasteiger partial charge in [-0.25, -0.2) is 8.78 Å². The molecule has 0 saturated heterocycles. The van der Waals surface area contributed by atoms with Gasteiger partial charge in [0.15, 0.2) is 11.6 Å². The minimum Gasteiger partial charge on any atom is -0.403 e. The van der Waals surface area contributed by atoms with E-state index in [1.165, 1.54) is 6.07 Å². The molecule has 18 heavy (non-hydrogen) atoms. The number of nitrogens with two attached hydrogens (primary N) is 1. The normalized spacial score (nSPS) is 12.7. The van der Waals surface area contributed by atoms with Crippen molar-refractivity contribution in [3.8, 4) is 5.75 Å². The molecule has 1 aromatic rings. The predicted molar refractivity (Wildman–Crippen MR) is 55.0 cm³/mol. The van der Waals surface area contributed by atoms with E-state index in [0.717, 1.165) is 12.1 Å². The van der Waals surface area contributed by atoms with Gasteiger partial charge in [0.1, 0.15) is 0 Å². The Hall–Kier alpha value is -1.63. The van der Waals surface area contributed by atoms with E-state index in [1.807, 2.05) is 0 Å². The first-order valence-corrected chi connectivity index (χ1v) is 4.88. The molecular formula is C11H10F5NO. The van der Waals surface area contributed by atoms with Gasteiger partial charge in [0.2, 0.25) is 0 Å². The molecule has 1 aromatic carbocycles. The van der Waals surface area contributed by atoms with Crippen molar-refractivity contribution in [2.75, 3.05) is 6.54 Å². The molecular weight excluding hydrogens is 257 g/mol. The molecule has 0 unspecified atom stereocenters. The monoisotopic (exact) mass is 267 g/mol. The zero-order valence-electron chi connectivity index (χ0n) is 9.10. The fourth-order valence-corrected chi connectivity index (χ4v) is 1.28. The van der Waals surface area contributed by atoms with Crippen LogP contribution in [0.1, 0.15) is 5.56 Å². The zero-order valence-corrected chi connectivity index (χ0v) is 9.10. The van der Waals surface area contributed by atoms with Crippen molar-refractivity contribution in [3.05, 3.63) is 41.5 Å². The first-order chi connectivity index (χ1) is 8.35. The van der Waals surface area contributed by atoms with Crippen LogP contribution in [0, 0.1) is 5.82 Å². The lowest BCUT2D eigenvalue weighted by Gasteiger charge is -2.11. The van der Waals surface area contributed by atoms with E-state index < -0.39 is 17.9 Å². The molecule has 0 radical (unpaired) electrons. The summed E-state index contributed by atoms with van der Waals surface area (Å²) in [6.07, 6.45) is -4.72. The van der Waals surface area contributed by atoms with Gasteiger partial charge in [-0.15, -0.1) is 13.2 Å². The van der Waals surface area contributed by atoms with E-state index in [4.69, 9.17) is 5.73 Å². The largest absolute Gasteiger partial charge is 0.573 e. The fraction of sp³-hybridized carbons (Fsp3) is 0.273. The Morgan fingerprint density at radius 2 is 2.00 bits per heavy atom. The quantitative estimate of drug-likeness (QED) is 0.851. The van der Waals surface area contributed by atoms with Crippen molar-refractivity contribution < 1.29 is 26.7 Å². The van der Waals surface area contributed by atoms with E-state index >= 15 is 0 Å². The minimum atomic E-state index is -4.98. The van der Waals surface area contributed by atoms with E-state index in [9.17, 15) is 22.0 Å². The van der Waals surface area contributed by atoms with Crippen LogP contribution in [0.25, 0.3) is 0 Å². The molecule has 0 fully saturated rings. The van der Waals surface area contributed by atoms with Gasteiger partial charge in [-0.05, 0) is 29.7 Å². The second kappa shape index (κ2) is 5.81. The maximum Gasteiger partial charge on any atom is 0.573 e. The average Bonchev–Trinajstić information content (AvgIpc) is 2.28. The van der Waals surface area contributed by atoms with Gasteiger partial charge in [0.25, 0.3) is 0 Å². The Labute approximate surface area is 99.8 Å². The summed E-state index contributed by atoms with van der Waals surface area (Å²) >= 11 is 0. The molecule has 0 heterocycles. The molecule has 2 N–H and O–H groups in total. The Morgan fingerprint density at radius 1 is 1.33 bits per heavy atom. The van der Waals surface area contributed by atoms with Gasteiger partial charge in [-0.2, -0.15) is 0 Å². The molecule has 1 rings (SSSR count). The van der Waals surface area contributed by atoms with Crippen LogP contribution in [-0.2, 0) is 6.42 Å². The molecule has 0 saturated carbocycles. The van der Waals surface area contributed by atoms with Gasteiger partial charge >= 0.3 is 6.36 Å². The summed E-state index contributed by atoms with van der Waals surface area (Å²) < 4.78 is 64.7. The lowest BCUT2D eigenvalue weighted by atomic mass is 10.1. The first kappa shape index (κ1) is 14.4. The number of ether oxygens (including phenoxy) is 1. The lowest BCUT2D eigenvalue weighted by Crippen LogP contribution is -2.18. The summed E-state index contributed by atoms with van der Waals surface area (Å²) in [5.41, 5.74) is 5.66. The highest BCUT2D eigenvalue weighted by Gasteiger charge is 2.32. The molecule has 2 nitrogen and oxygen atoms in total. The second-order valence-corrected chi connectivity index (χ2v) is 3.46. The van der Waals surface area contributed by atoms with Gasteiger partial charge in [0, 0.05) is 6.54 Å². The van der Waals surface area contributed by atoms with Crippen LogP contribution in [-0.4, -0.2) is 12.9 Å². The highest BCUT2D eigenvalue weighted by Crippen LogP contribution is 2.27. The van der Waals surface area contributed by atoms with Crippen LogP contribution in [0.15, 0.2) is 30.1 Å². The number of rotatable bonds is 4. The predicted octanol–water partition coefficient (Wildman–Crippen LogP) is 3.08. The third-order valence-electron chi connectivity index (χ3n) is 2.07. The highest BCUT2D eigenvalue weighted by atomic mass is 19.4. The van der Waals surface area contributed by atoms with Crippen molar-refractivity contribution in [1.82, 2.24) is 0 Å². The number of hydrogen-bond acceptors (Lipinski definition) is 2. The van der Waals surface area contributed by atoms with Crippen LogP contribution in [0.3, 0.4) is 0 Å². The van der Waals surface area contributed by atoms with Gasteiger partial charge in [0.05, 0.1) is 6.33 Å². The van der Waals surface area contributed by atoms with Crippen LogP contribution in [0.4, 0.5) is 22.0 Å². The molecule has 100 valence electrons. The summed E-state index contributed by atoms with van der Waals surface area (Å²) in [7, 11) is 0. The Bertz CT molecular complexity index is 442. The second-order valence-electron chi connectivity index (χ2n) is 3.46. The molecule has 0 aliphatic carbocycles. The minimum absolute atomic E-state index is 0.0124. The third kappa shape index (κ3) is 4.33. The Balaban J connectivity index is 2.94. The highest BCUT2D eigenvalue weighted by molar-refractivity contribution is 5.33. The molecule has 0 aliphatic heterocycles. The Kier molecular flexibility index (Phi) is 4.66. The molecule has 0 spiro atoms. The zero-order chi connectivity index (χ0) is 13.8. The molecule has 0 bridgehead atoms. The molecule has 0 amide bonds. The number of alkyl halides is 3. The maximum absolute atomic E-state index is 13.1. The van der Waals surface area contributed by atoms with Crippen molar-refractivity contribution in [1.29, 1.82) is 0 Å². The van der Waals surface area contributed by atoms with Crippen LogP contribution in [0.5, 0.6) is 5.75 Å².